The van der Waals surface area contributed by atoms with E-state index in [1.807, 2.05) is 0 Å². The van der Waals surface area contributed by atoms with Crippen LogP contribution in [0, 0.1) is 6.20 Å². The molecule has 1 aliphatic rings. The molecule has 0 spiro atoms. The molecule has 1 atom stereocenters. The van der Waals surface area contributed by atoms with Crippen LogP contribution in [0.25, 0.3) is 0 Å². The number of rotatable bonds is 7. The summed E-state index contributed by atoms with van der Waals surface area (Å²) in [6.07, 6.45) is 2.86. The first kappa shape index (κ1) is 21.1. The molecular formula is C20H15Cl2N2O4S2. The molecule has 0 aliphatic heterocycles. The summed E-state index contributed by atoms with van der Waals surface area (Å²) in [6, 6.07) is 12.7. The van der Waals surface area contributed by atoms with Gasteiger partial charge in [0.2, 0.25) is 6.10 Å². The van der Waals surface area contributed by atoms with Crippen molar-refractivity contribution in [2.45, 2.75) is 29.1 Å². The first-order chi connectivity index (χ1) is 14.3. The number of anilines is 1. The molecule has 1 unspecified atom stereocenters. The number of halogens is 2. The van der Waals surface area contributed by atoms with Gasteiger partial charge in [-0.15, -0.1) is 0 Å². The van der Waals surface area contributed by atoms with Crippen LogP contribution in [0.2, 0.25) is 9.36 Å². The molecule has 1 aliphatic carbocycles. The number of benzene rings is 2. The number of nitrogens with one attached hydrogen (secondary N) is 1. The lowest BCUT2D eigenvalue weighted by Crippen LogP contribution is -2.25. The Morgan fingerprint density at radius 1 is 1.13 bits per heavy atom. The lowest BCUT2D eigenvalue weighted by molar-refractivity contribution is -0.123. The van der Waals surface area contributed by atoms with E-state index in [1.54, 1.807) is 36.4 Å². The van der Waals surface area contributed by atoms with Gasteiger partial charge in [0.25, 0.3) is 5.91 Å². The molecule has 3 aromatic rings. The van der Waals surface area contributed by atoms with E-state index in [1.165, 1.54) is 12.1 Å². The number of aromatic nitrogens is 1. The van der Waals surface area contributed by atoms with Gasteiger partial charge in [-0.25, -0.2) is 13.4 Å². The maximum atomic E-state index is 12.9. The molecule has 2 aromatic carbocycles. The Hall–Kier alpha value is -2.13. The second-order valence-corrected chi connectivity index (χ2v) is 10.9. The van der Waals surface area contributed by atoms with E-state index in [0.29, 0.717) is 33.5 Å². The number of hydrogen-bond donors (Lipinski definition) is 1. The number of amides is 1. The van der Waals surface area contributed by atoms with Crippen molar-refractivity contribution in [1.29, 1.82) is 0 Å². The Labute approximate surface area is 187 Å². The van der Waals surface area contributed by atoms with Crippen LogP contribution < -0.4 is 10.1 Å². The smallest absolute Gasteiger partial charge is 0.271 e. The molecule has 4 rings (SSSR count). The lowest BCUT2D eigenvalue weighted by Gasteiger charge is -2.19. The molecule has 1 heterocycles. The number of ether oxygens (including phenoxy) is 1. The number of carbonyl (C=O) groups is 1. The molecule has 30 heavy (non-hydrogen) atoms. The first-order valence-electron chi connectivity index (χ1n) is 8.94. The molecular weight excluding hydrogens is 467 g/mol. The highest BCUT2D eigenvalue weighted by molar-refractivity contribution is 7.92. The molecule has 0 saturated heterocycles. The van der Waals surface area contributed by atoms with Crippen molar-refractivity contribution in [3.05, 3.63) is 69.7 Å². The minimum absolute atomic E-state index is 0.237. The van der Waals surface area contributed by atoms with Gasteiger partial charge in [-0.1, -0.05) is 46.7 Å². The Bertz CT molecular complexity index is 1160. The van der Waals surface area contributed by atoms with Gasteiger partial charge < -0.3 is 4.74 Å². The highest BCUT2D eigenvalue weighted by Gasteiger charge is 2.37. The molecule has 10 heteroatoms. The van der Waals surface area contributed by atoms with Crippen LogP contribution in [0.1, 0.15) is 24.5 Å². The van der Waals surface area contributed by atoms with Gasteiger partial charge in [-0.05, 0) is 49.2 Å². The highest BCUT2D eigenvalue weighted by Crippen LogP contribution is 2.34. The summed E-state index contributed by atoms with van der Waals surface area (Å²) < 4.78 is 31.1. The zero-order valence-electron chi connectivity index (χ0n) is 15.3. The van der Waals surface area contributed by atoms with Crippen LogP contribution >= 0.6 is 34.5 Å². The van der Waals surface area contributed by atoms with Gasteiger partial charge in [-0.3, -0.25) is 10.1 Å². The van der Waals surface area contributed by atoms with Crippen molar-refractivity contribution in [1.82, 2.24) is 4.98 Å². The molecule has 1 amide bonds. The number of thiazole rings is 1. The monoisotopic (exact) mass is 481 g/mol. The van der Waals surface area contributed by atoms with Crippen LogP contribution in [0.4, 0.5) is 5.13 Å². The van der Waals surface area contributed by atoms with E-state index in [4.69, 9.17) is 27.9 Å². The lowest BCUT2D eigenvalue weighted by atomic mass is 10.1. The van der Waals surface area contributed by atoms with E-state index in [-0.39, 0.29) is 15.3 Å². The molecule has 155 valence electrons. The average molecular weight is 482 g/mol. The van der Waals surface area contributed by atoms with Crippen LogP contribution in [0.15, 0.2) is 53.4 Å². The summed E-state index contributed by atoms with van der Waals surface area (Å²) in [5, 5.41) is 3.16. The summed E-state index contributed by atoms with van der Waals surface area (Å²) in [6.45, 7) is 0. The summed E-state index contributed by atoms with van der Waals surface area (Å²) in [5.41, 5.74) is 0.490. The van der Waals surface area contributed by atoms with Crippen LogP contribution in [-0.4, -0.2) is 24.6 Å². The van der Waals surface area contributed by atoms with E-state index in [2.05, 4.69) is 16.5 Å². The second kappa shape index (κ2) is 8.55. The van der Waals surface area contributed by atoms with E-state index < -0.39 is 21.8 Å². The van der Waals surface area contributed by atoms with Crippen LogP contribution in [0.3, 0.4) is 0 Å². The number of hydrogen-bond acceptors (Lipinski definition) is 6. The van der Waals surface area contributed by atoms with Gasteiger partial charge in [0, 0.05) is 10.6 Å². The van der Waals surface area contributed by atoms with Gasteiger partial charge in [0.1, 0.15) is 16.3 Å². The highest BCUT2D eigenvalue weighted by atomic mass is 35.5. The third-order valence-corrected chi connectivity index (χ3v) is 7.95. The third-order valence-electron chi connectivity index (χ3n) is 4.44. The first-order valence-corrected chi connectivity index (χ1v) is 12.1. The largest absolute Gasteiger partial charge is 0.476 e. The molecule has 6 nitrogen and oxygen atoms in total. The minimum atomic E-state index is -3.32. The predicted octanol–water partition coefficient (Wildman–Crippen LogP) is 4.94. The Balaban J connectivity index is 1.61. The van der Waals surface area contributed by atoms with E-state index in [0.717, 1.165) is 11.3 Å². The molecule has 1 fully saturated rings. The zero-order chi connectivity index (χ0) is 21.3. The quantitative estimate of drug-likeness (QED) is 0.516. The molecule has 1 N–H and O–H groups in total. The van der Waals surface area contributed by atoms with E-state index >= 15 is 0 Å². The standard InChI is InChI=1S/C20H15Cl2N2O4S2/c21-13-3-5-14(6-4-13)28-18(19(25)24-20-23-11-17(22)29-20)12-1-7-15(8-2-12)30(26,27)16-9-10-16/h1-8,16,18H,9-10H2,(H,23,24,25). The summed E-state index contributed by atoms with van der Waals surface area (Å²) in [4.78, 5) is 17.1. The SMILES string of the molecule is O=C(Nc1n[c]c(Cl)s1)C(Oc1ccc(Cl)cc1)c1ccc(S(=O)(=O)C2CC2)cc1. The van der Waals surface area contributed by atoms with Crippen molar-refractivity contribution in [2.75, 3.05) is 5.32 Å². The summed E-state index contributed by atoms with van der Waals surface area (Å²) >= 11 is 12.8. The molecule has 0 bridgehead atoms. The van der Waals surface area contributed by atoms with E-state index in [9.17, 15) is 13.2 Å². The topological polar surface area (TPSA) is 85.4 Å². The summed E-state index contributed by atoms with van der Waals surface area (Å²) in [5.74, 6) is -0.0554. The molecule has 1 aromatic heterocycles. The maximum absolute atomic E-state index is 12.9. The predicted molar refractivity (Wildman–Crippen MR) is 116 cm³/mol. The van der Waals surface area contributed by atoms with Crippen molar-refractivity contribution < 1.29 is 17.9 Å². The number of carbonyl (C=O) groups excluding carboxylic acids is 1. The van der Waals surface area contributed by atoms with Crippen LogP contribution in [0.5, 0.6) is 5.75 Å². The Morgan fingerprint density at radius 3 is 2.37 bits per heavy atom. The normalized spacial score (nSPS) is 14.9. The Morgan fingerprint density at radius 2 is 1.80 bits per heavy atom. The molecule has 1 radical (unpaired) electrons. The minimum Gasteiger partial charge on any atom is -0.476 e. The van der Waals surface area contributed by atoms with Gasteiger partial charge in [0.15, 0.2) is 15.0 Å². The molecule has 1 saturated carbocycles. The maximum Gasteiger partial charge on any atom is 0.271 e. The van der Waals surface area contributed by atoms with Crippen molar-refractivity contribution in [3.8, 4) is 5.75 Å². The van der Waals surface area contributed by atoms with Gasteiger partial charge >= 0.3 is 0 Å². The van der Waals surface area contributed by atoms with Gasteiger partial charge in [-0.2, -0.15) is 0 Å². The van der Waals surface area contributed by atoms with Crippen molar-refractivity contribution >= 4 is 55.4 Å². The third kappa shape index (κ3) is 4.78. The number of sulfone groups is 1. The van der Waals surface area contributed by atoms with Gasteiger partial charge in [0.05, 0.1) is 10.1 Å². The van der Waals surface area contributed by atoms with Crippen LogP contribution in [-0.2, 0) is 14.6 Å². The Kier molecular flexibility index (Phi) is 6.02. The second-order valence-electron chi connectivity index (χ2n) is 6.66. The van der Waals surface area contributed by atoms with Crippen molar-refractivity contribution in [3.63, 3.8) is 0 Å². The van der Waals surface area contributed by atoms with Crippen molar-refractivity contribution in [2.24, 2.45) is 0 Å². The number of nitrogens with zero attached hydrogens (tertiary/aromatic N) is 1. The fourth-order valence-electron chi connectivity index (χ4n) is 2.77. The summed E-state index contributed by atoms with van der Waals surface area (Å²) in [7, 11) is -3.32. The average Bonchev–Trinajstić information content (AvgIpc) is 3.51. The fraction of sp³-hybridized carbons (Fsp3) is 0.200. The zero-order valence-corrected chi connectivity index (χ0v) is 18.5. The fourth-order valence-corrected chi connectivity index (χ4v) is 5.32.